The van der Waals surface area contributed by atoms with Gasteiger partial charge in [0.25, 0.3) is 0 Å². The molecule has 0 heterocycles. The summed E-state index contributed by atoms with van der Waals surface area (Å²) < 4.78 is 11.6. The van der Waals surface area contributed by atoms with Crippen molar-refractivity contribution in [3.63, 3.8) is 0 Å². The fraction of sp³-hybridized carbons (Fsp3) is 0.480. The number of unbranched alkanes of at least 4 members (excludes halogenated alkanes) is 2. The van der Waals surface area contributed by atoms with Crippen molar-refractivity contribution in [1.29, 1.82) is 0 Å². The van der Waals surface area contributed by atoms with Crippen LogP contribution in [0.15, 0.2) is 48.5 Å². The normalized spacial score (nSPS) is 11.8. The molecule has 158 valence electrons. The Morgan fingerprint density at radius 3 is 2.45 bits per heavy atom. The highest BCUT2D eigenvalue weighted by Crippen LogP contribution is 2.23. The Balaban J connectivity index is 2.05. The minimum Gasteiger partial charge on any atom is -0.494 e. The van der Waals surface area contributed by atoms with Crippen LogP contribution in [0, 0.1) is 0 Å². The number of ether oxygens (including phenoxy) is 2. The zero-order valence-corrected chi connectivity index (χ0v) is 18.1. The average Bonchev–Trinajstić information content (AvgIpc) is 2.75. The van der Waals surface area contributed by atoms with E-state index in [2.05, 4.69) is 31.3 Å². The molecule has 0 aliphatic rings. The van der Waals surface area contributed by atoms with E-state index in [1.54, 1.807) is 0 Å². The molecule has 0 radical (unpaired) electrons. The van der Waals surface area contributed by atoms with Gasteiger partial charge in [-0.3, -0.25) is 5.32 Å². The molecule has 0 saturated carbocycles. The number of nitrogens with one attached hydrogen (secondary N) is 1. The van der Waals surface area contributed by atoms with Crippen molar-refractivity contribution >= 4 is 5.97 Å². The summed E-state index contributed by atoms with van der Waals surface area (Å²) in [6.07, 6.45) is 5.73. The third-order valence-electron chi connectivity index (χ3n) is 4.85. The summed E-state index contributed by atoms with van der Waals surface area (Å²) in [5.41, 5.74) is 2.86. The van der Waals surface area contributed by atoms with Crippen LogP contribution >= 0.6 is 0 Å². The molecule has 0 saturated heterocycles. The van der Waals surface area contributed by atoms with Crippen molar-refractivity contribution in [2.45, 2.75) is 72.1 Å². The summed E-state index contributed by atoms with van der Waals surface area (Å²) in [6, 6.07) is 15.8. The highest BCUT2D eigenvalue weighted by molar-refractivity contribution is 5.90. The Bertz CT molecular complexity index is 730. The van der Waals surface area contributed by atoms with Crippen molar-refractivity contribution in [1.82, 2.24) is 5.32 Å². The molecule has 0 amide bonds. The van der Waals surface area contributed by atoms with Crippen LogP contribution < -0.4 is 10.1 Å². The molecule has 0 fully saturated rings. The molecule has 2 rings (SSSR count). The lowest BCUT2D eigenvalue weighted by atomic mass is 10.0. The molecule has 1 atom stereocenters. The maximum absolute atomic E-state index is 12.8. The second-order valence-electron chi connectivity index (χ2n) is 7.26. The quantitative estimate of drug-likeness (QED) is 0.338. The van der Waals surface area contributed by atoms with Gasteiger partial charge in [-0.15, -0.1) is 0 Å². The fourth-order valence-electron chi connectivity index (χ4n) is 3.16. The van der Waals surface area contributed by atoms with Gasteiger partial charge in [-0.2, -0.15) is 0 Å². The molecule has 0 bridgehead atoms. The lowest BCUT2D eigenvalue weighted by molar-refractivity contribution is 0.0179. The second kappa shape index (κ2) is 13.0. The number of aryl methyl sites for hydroxylation is 1. The molecule has 0 aromatic heterocycles. The summed E-state index contributed by atoms with van der Waals surface area (Å²) in [6.45, 7) is 7.52. The number of hydrogen-bond acceptors (Lipinski definition) is 4. The zero-order chi connectivity index (χ0) is 20.9. The number of carbonyl (C=O) groups excluding carboxylic acids is 1. The van der Waals surface area contributed by atoms with Crippen LogP contribution in [-0.4, -0.2) is 18.8 Å². The Hall–Kier alpha value is -2.33. The minimum absolute atomic E-state index is 0.307. The second-order valence-corrected chi connectivity index (χ2v) is 7.26. The van der Waals surface area contributed by atoms with Gasteiger partial charge in [-0.25, -0.2) is 4.79 Å². The smallest absolute Gasteiger partial charge is 0.339 e. The molecule has 0 spiro atoms. The Kier molecular flexibility index (Phi) is 10.3. The molecule has 4 heteroatoms. The van der Waals surface area contributed by atoms with Gasteiger partial charge in [0, 0.05) is 6.54 Å². The molecule has 0 aliphatic heterocycles. The van der Waals surface area contributed by atoms with Crippen molar-refractivity contribution < 1.29 is 14.3 Å². The van der Waals surface area contributed by atoms with E-state index in [1.165, 1.54) is 5.56 Å². The van der Waals surface area contributed by atoms with Gasteiger partial charge in [-0.05, 0) is 55.9 Å². The zero-order valence-electron chi connectivity index (χ0n) is 18.1. The number of rotatable bonds is 13. The first-order valence-corrected chi connectivity index (χ1v) is 10.9. The van der Waals surface area contributed by atoms with Crippen LogP contribution in [0.1, 0.15) is 74.4 Å². The Morgan fingerprint density at radius 1 is 1.00 bits per heavy atom. The summed E-state index contributed by atoms with van der Waals surface area (Å²) >= 11 is 0. The molecule has 29 heavy (non-hydrogen) atoms. The van der Waals surface area contributed by atoms with Gasteiger partial charge in [0.15, 0.2) is 6.23 Å². The lowest BCUT2D eigenvalue weighted by Crippen LogP contribution is -2.33. The van der Waals surface area contributed by atoms with E-state index in [9.17, 15) is 4.79 Å². The number of carbonyl (C=O) groups is 1. The highest BCUT2D eigenvalue weighted by atomic mass is 16.6. The van der Waals surface area contributed by atoms with Crippen LogP contribution in [-0.2, 0) is 17.7 Å². The van der Waals surface area contributed by atoms with Crippen LogP contribution in [0.3, 0.4) is 0 Å². The molecule has 1 unspecified atom stereocenters. The minimum atomic E-state index is -0.311. The number of hydrogen-bond donors (Lipinski definition) is 1. The van der Waals surface area contributed by atoms with Gasteiger partial charge in [-0.1, -0.05) is 63.1 Å². The monoisotopic (exact) mass is 397 g/mol. The number of benzene rings is 2. The molecule has 2 aromatic carbocycles. The van der Waals surface area contributed by atoms with Gasteiger partial charge >= 0.3 is 5.97 Å². The van der Waals surface area contributed by atoms with Crippen LogP contribution in [0.2, 0.25) is 0 Å². The topological polar surface area (TPSA) is 47.6 Å². The first-order valence-electron chi connectivity index (χ1n) is 10.9. The van der Waals surface area contributed by atoms with E-state index in [4.69, 9.17) is 9.47 Å². The van der Waals surface area contributed by atoms with Gasteiger partial charge < -0.3 is 9.47 Å². The van der Waals surface area contributed by atoms with Crippen molar-refractivity contribution in [2.75, 3.05) is 6.61 Å². The molecule has 1 N–H and O–H groups in total. The van der Waals surface area contributed by atoms with E-state index in [0.717, 1.165) is 49.8 Å². The predicted octanol–water partition coefficient (Wildman–Crippen LogP) is 5.89. The SMILES string of the molecule is CCCCc1ccc(C(=O)OC(CCCC)NCc2ccccc2)cc1OCC. The largest absolute Gasteiger partial charge is 0.494 e. The Morgan fingerprint density at radius 2 is 1.76 bits per heavy atom. The molecular weight excluding hydrogens is 362 g/mol. The van der Waals surface area contributed by atoms with E-state index in [-0.39, 0.29) is 12.2 Å². The highest BCUT2D eigenvalue weighted by Gasteiger charge is 2.17. The van der Waals surface area contributed by atoms with Crippen molar-refractivity contribution in [2.24, 2.45) is 0 Å². The van der Waals surface area contributed by atoms with E-state index in [1.807, 2.05) is 43.3 Å². The third kappa shape index (κ3) is 7.90. The molecular formula is C25H35NO3. The molecule has 0 aliphatic carbocycles. The summed E-state index contributed by atoms with van der Waals surface area (Å²) in [4.78, 5) is 12.8. The van der Waals surface area contributed by atoms with Crippen molar-refractivity contribution in [3.8, 4) is 5.75 Å². The van der Waals surface area contributed by atoms with E-state index < -0.39 is 0 Å². The fourth-order valence-corrected chi connectivity index (χ4v) is 3.16. The number of esters is 1. The maximum Gasteiger partial charge on any atom is 0.339 e. The summed E-state index contributed by atoms with van der Waals surface area (Å²) in [7, 11) is 0. The third-order valence-corrected chi connectivity index (χ3v) is 4.85. The summed E-state index contributed by atoms with van der Waals surface area (Å²) in [5.74, 6) is 0.479. The van der Waals surface area contributed by atoms with Gasteiger partial charge in [0.05, 0.1) is 12.2 Å². The van der Waals surface area contributed by atoms with Crippen LogP contribution in [0.25, 0.3) is 0 Å². The van der Waals surface area contributed by atoms with Crippen LogP contribution in [0.5, 0.6) is 5.75 Å². The predicted molar refractivity (Wildman–Crippen MR) is 118 cm³/mol. The van der Waals surface area contributed by atoms with E-state index >= 15 is 0 Å². The first-order chi connectivity index (χ1) is 14.2. The van der Waals surface area contributed by atoms with Crippen LogP contribution in [0.4, 0.5) is 0 Å². The lowest BCUT2D eigenvalue weighted by Gasteiger charge is -2.20. The van der Waals surface area contributed by atoms with Gasteiger partial charge in [0.2, 0.25) is 0 Å². The van der Waals surface area contributed by atoms with Gasteiger partial charge in [0.1, 0.15) is 5.75 Å². The first kappa shape index (κ1) is 23.0. The Labute approximate surface area is 175 Å². The molecule has 4 nitrogen and oxygen atoms in total. The maximum atomic E-state index is 12.8. The summed E-state index contributed by atoms with van der Waals surface area (Å²) in [5, 5.41) is 3.38. The standard InChI is InChI=1S/C25H35NO3/c1-4-7-14-21-16-17-22(18-23(21)28-6-3)25(27)29-24(15-8-5-2)26-19-20-12-10-9-11-13-20/h9-13,16-18,24,26H,4-8,14-15,19H2,1-3H3. The average molecular weight is 398 g/mol. The van der Waals surface area contributed by atoms with E-state index in [0.29, 0.717) is 18.7 Å². The molecule has 2 aromatic rings. The van der Waals surface area contributed by atoms with Crippen molar-refractivity contribution in [3.05, 3.63) is 65.2 Å².